The van der Waals surface area contributed by atoms with Crippen LogP contribution >= 0.6 is 0 Å². The number of benzene rings is 2. The van der Waals surface area contributed by atoms with Crippen LogP contribution in [-0.2, 0) is 12.6 Å². The van der Waals surface area contributed by atoms with Gasteiger partial charge in [0.1, 0.15) is 0 Å². The Morgan fingerprint density at radius 3 is 2.59 bits per heavy atom. The molecule has 3 aliphatic carbocycles. The molecule has 0 unspecified atom stereocenters. The Kier molecular flexibility index (Phi) is 9.48. The summed E-state index contributed by atoms with van der Waals surface area (Å²) in [4.78, 5) is 15.9. The van der Waals surface area contributed by atoms with Gasteiger partial charge >= 0.3 is 6.18 Å². The SMILES string of the molecule is CC1=CCC[C@@]2(C)[C@@H](CC[C@@]2(O)CN(C)CCO)c2ccc(cc2C(=O)c2cccc(C(F)(F)F)c2)C[C@@H](O)CC1. The van der Waals surface area contributed by atoms with E-state index >= 15 is 0 Å². The van der Waals surface area contributed by atoms with Gasteiger partial charge in [-0.2, -0.15) is 13.2 Å². The number of aliphatic hydroxyl groups excluding tert-OH is 2. The second kappa shape index (κ2) is 12.4. The second-order valence-electron chi connectivity index (χ2n) is 12.3. The third-order valence-electron chi connectivity index (χ3n) is 9.38. The number of carbonyl (C=O) groups excluding carboxylic acids is 1. The lowest BCUT2D eigenvalue weighted by Gasteiger charge is -2.45. The van der Waals surface area contributed by atoms with Crippen LogP contribution in [0.3, 0.4) is 0 Å². The fourth-order valence-corrected chi connectivity index (χ4v) is 6.89. The lowest BCUT2D eigenvalue weighted by Crippen LogP contribution is -2.52. The quantitative estimate of drug-likeness (QED) is 0.296. The standard InChI is InChI=1S/C33H42F3NO4/c1-22-6-5-14-31(2)29(13-15-32(31,41)21-37(3)16-17-38)27-12-10-23(18-26(39)11-9-22)19-28(27)30(40)24-7-4-8-25(20-24)33(34,35)36/h4,6-8,10,12,19-20,26,29,38-39,41H,5,9,11,13-18,21H2,1-3H3/t26-,29-,31-,32+/m0/s1. The van der Waals surface area contributed by atoms with Crippen molar-refractivity contribution in [2.45, 2.75) is 82.6 Å². The van der Waals surface area contributed by atoms with Gasteiger partial charge in [0.05, 0.1) is 23.9 Å². The highest BCUT2D eigenvalue weighted by Gasteiger charge is 2.57. The Hall–Kier alpha value is -2.52. The van der Waals surface area contributed by atoms with Crippen LogP contribution in [0.1, 0.15) is 90.9 Å². The molecule has 0 aromatic heterocycles. The van der Waals surface area contributed by atoms with Crippen LogP contribution in [0.4, 0.5) is 13.2 Å². The maximum absolute atomic E-state index is 14.0. The molecule has 2 bridgehead atoms. The minimum atomic E-state index is -4.58. The summed E-state index contributed by atoms with van der Waals surface area (Å²) < 4.78 is 40.5. The molecule has 0 spiro atoms. The Balaban J connectivity index is 1.85. The first-order chi connectivity index (χ1) is 19.3. The summed E-state index contributed by atoms with van der Waals surface area (Å²) in [6.07, 6.45) is 1.00. The van der Waals surface area contributed by atoms with Crippen LogP contribution < -0.4 is 0 Å². The zero-order valence-corrected chi connectivity index (χ0v) is 24.2. The zero-order chi connectivity index (χ0) is 30.0. The van der Waals surface area contributed by atoms with Gasteiger partial charge in [-0.3, -0.25) is 4.79 Å². The number of ketones is 1. The first-order valence-corrected chi connectivity index (χ1v) is 14.5. The van der Waals surface area contributed by atoms with Gasteiger partial charge < -0.3 is 20.2 Å². The maximum atomic E-state index is 14.0. The monoisotopic (exact) mass is 573 g/mol. The predicted molar refractivity (Wildman–Crippen MR) is 153 cm³/mol. The molecule has 4 atom stereocenters. The van der Waals surface area contributed by atoms with Crippen molar-refractivity contribution in [3.05, 3.63) is 81.9 Å². The van der Waals surface area contributed by atoms with E-state index < -0.39 is 34.6 Å². The van der Waals surface area contributed by atoms with E-state index in [1.165, 1.54) is 17.7 Å². The van der Waals surface area contributed by atoms with Crippen molar-refractivity contribution in [1.29, 1.82) is 0 Å². The summed E-state index contributed by atoms with van der Waals surface area (Å²) in [5.74, 6) is -0.726. The molecule has 1 fully saturated rings. The molecule has 5 nitrogen and oxygen atoms in total. The molecule has 5 rings (SSSR count). The van der Waals surface area contributed by atoms with Gasteiger partial charge in [0.2, 0.25) is 0 Å². The van der Waals surface area contributed by atoms with Crippen molar-refractivity contribution in [1.82, 2.24) is 4.90 Å². The molecule has 2 aromatic rings. The number of fused-ring (bicyclic) bond motifs is 8. The highest BCUT2D eigenvalue weighted by Crippen LogP contribution is 2.58. The third kappa shape index (κ3) is 6.77. The minimum Gasteiger partial charge on any atom is -0.395 e. The van der Waals surface area contributed by atoms with E-state index in [-0.39, 0.29) is 18.1 Å². The lowest BCUT2D eigenvalue weighted by molar-refractivity contribution is -0.137. The Morgan fingerprint density at radius 2 is 1.88 bits per heavy atom. The fourth-order valence-electron chi connectivity index (χ4n) is 6.89. The number of alkyl halides is 3. The molecule has 0 heterocycles. The van der Waals surface area contributed by atoms with Gasteiger partial charge in [-0.1, -0.05) is 42.8 Å². The van der Waals surface area contributed by atoms with Crippen LogP contribution in [0, 0.1) is 5.41 Å². The maximum Gasteiger partial charge on any atom is 0.416 e. The van der Waals surface area contributed by atoms with E-state index in [9.17, 15) is 33.3 Å². The van der Waals surface area contributed by atoms with Crippen LogP contribution in [-0.4, -0.2) is 64.5 Å². The topological polar surface area (TPSA) is 81.0 Å². The van der Waals surface area contributed by atoms with Crippen molar-refractivity contribution < 1.29 is 33.3 Å². The molecular formula is C33H42F3NO4. The molecule has 0 saturated heterocycles. The molecule has 1 saturated carbocycles. The van der Waals surface area contributed by atoms with Crippen molar-refractivity contribution in [2.24, 2.45) is 5.41 Å². The number of allylic oxidation sites excluding steroid dienone is 2. The number of halogens is 3. The van der Waals surface area contributed by atoms with Gasteiger partial charge in [0, 0.05) is 29.6 Å². The number of hydrogen-bond donors (Lipinski definition) is 3. The van der Waals surface area contributed by atoms with Crippen molar-refractivity contribution >= 4 is 5.78 Å². The number of aliphatic hydroxyl groups is 3. The van der Waals surface area contributed by atoms with Crippen LogP contribution in [0.15, 0.2) is 54.1 Å². The molecule has 41 heavy (non-hydrogen) atoms. The van der Waals surface area contributed by atoms with Crippen LogP contribution in [0.5, 0.6) is 0 Å². The van der Waals surface area contributed by atoms with Crippen molar-refractivity contribution in [3.63, 3.8) is 0 Å². The molecule has 2 aromatic carbocycles. The van der Waals surface area contributed by atoms with Crippen LogP contribution in [0.2, 0.25) is 0 Å². The average Bonchev–Trinajstić information content (AvgIpc) is 3.15. The Bertz CT molecular complexity index is 1280. The number of likely N-dealkylation sites (N-methyl/N-ethyl adjacent to an activating group) is 1. The molecule has 0 radical (unpaired) electrons. The lowest BCUT2D eigenvalue weighted by atomic mass is 9.64. The first kappa shape index (κ1) is 31.4. The summed E-state index contributed by atoms with van der Waals surface area (Å²) in [7, 11) is 1.86. The second-order valence-corrected chi connectivity index (χ2v) is 12.3. The number of hydrogen-bond acceptors (Lipinski definition) is 5. The van der Waals surface area contributed by atoms with Gasteiger partial charge in [-0.25, -0.2) is 0 Å². The summed E-state index contributed by atoms with van der Waals surface area (Å²) in [5.41, 5.74) is 0.271. The summed E-state index contributed by atoms with van der Waals surface area (Å²) >= 11 is 0. The molecule has 8 heteroatoms. The van der Waals surface area contributed by atoms with E-state index in [1.807, 2.05) is 31.0 Å². The molecule has 0 aliphatic heterocycles. The largest absolute Gasteiger partial charge is 0.416 e. The van der Waals surface area contributed by atoms with Crippen molar-refractivity contribution in [2.75, 3.05) is 26.7 Å². The normalized spacial score (nSPS) is 27.4. The Labute approximate surface area is 240 Å². The smallest absolute Gasteiger partial charge is 0.395 e. The van der Waals surface area contributed by atoms with E-state index in [2.05, 4.69) is 13.0 Å². The number of nitrogens with zero attached hydrogens (tertiary/aromatic N) is 1. The molecule has 3 N–H and O–H groups in total. The highest BCUT2D eigenvalue weighted by molar-refractivity contribution is 6.10. The Morgan fingerprint density at radius 1 is 1.12 bits per heavy atom. The van der Waals surface area contributed by atoms with Gasteiger partial charge in [0.25, 0.3) is 0 Å². The highest BCUT2D eigenvalue weighted by atomic mass is 19.4. The third-order valence-corrected chi connectivity index (χ3v) is 9.38. The van der Waals surface area contributed by atoms with Crippen molar-refractivity contribution in [3.8, 4) is 0 Å². The van der Waals surface area contributed by atoms with E-state index in [0.29, 0.717) is 62.7 Å². The number of rotatable bonds is 6. The first-order valence-electron chi connectivity index (χ1n) is 14.5. The zero-order valence-electron chi connectivity index (χ0n) is 24.2. The van der Waals surface area contributed by atoms with Gasteiger partial charge in [-0.05, 0) is 94.2 Å². The van der Waals surface area contributed by atoms with E-state index in [1.54, 1.807) is 6.07 Å². The van der Waals surface area contributed by atoms with E-state index in [4.69, 9.17) is 0 Å². The molecule has 224 valence electrons. The summed E-state index contributed by atoms with van der Waals surface area (Å²) in [6.45, 7) is 4.84. The van der Waals surface area contributed by atoms with Gasteiger partial charge in [0.15, 0.2) is 5.78 Å². The van der Waals surface area contributed by atoms with Crippen LogP contribution in [0.25, 0.3) is 0 Å². The summed E-state index contributed by atoms with van der Waals surface area (Å²) in [6, 6.07) is 10.0. The minimum absolute atomic E-state index is 0.0302. The molecular weight excluding hydrogens is 531 g/mol. The molecule has 0 amide bonds. The average molecular weight is 574 g/mol. The fraction of sp³-hybridized carbons (Fsp3) is 0.545. The predicted octanol–water partition coefficient (Wildman–Crippen LogP) is 5.90. The summed E-state index contributed by atoms with van der Waals surface area (Å²) in [5, 5.41) is 32.4. The number of carbonyl (C=O) groups is 1. The molecule has 3 aliphatic rings. The van der Waals surface area contributed by atoms with E-state index in [0.717, 1.165) is 24.1 Å². The van der Waals surface area contributed by atoms with Gasteiger partial charge in [-0.15, -0.1) is 0 Å².